The summed E-state index contributed by atoms with van der Waals surface area (Å²) in [5, 5.41) is 2.15. The molecule has 21 heavy (non-hydrogen) atoms. The lowest BCUT2D eigenvalue weighted by Gasteiger charge is -2.28. The minimum atomic E-state index is -1.09. The van der Waals surface area contributed by atoms with E-state index in [-0.39, 0.29) is 0 Å². The molecule has 2 N–H and O–H groups in total. The number of carbonyl (C=O) groups is 1. The van der Waals surface area contributed by atoms with Crippen LogP contribution < -0.4 is 5.73 Å². The number of fused-ring (bicyclic) bond motifs is 1. The van der Waals surface area contributed by atoms with Crippen molar-refractivity contribution in [1.82, 2.24) is 4.98 Å². The topological polar surface area (TPSA) is 65.2 Å². The Bertz CT molecular complexity index is 657. The van der Waals surface area contributed by atoms with Crippen LogP contribution in [0.3, 0.4) is 0 Å². The molecule has 4 heteroatoms. The second kappa shape index (κ2) is 5.45. The number of benzene rings is 1. The van der Waals surface area contributed by atoms with Crippen molar-refractivity contribution in [3.05, 3.63) is 42.2 Å². The Kier molecular flexibility index (Phi) is 4.01. The van der Waals surface area contributed by atoms with Gasteiger partial charge in [-0.15, -0.1) is 0 Å². The van der Waals surface area contributed by atoms with E-state index in [1.165, 1.54) is 0 Å². The molecule has 1 unspecified atom stereocenters. The van der Waals surface area contributed by atoms with Gasteiger partial charge in [0, 0.05) is 23.7 Å². The van der Waals surface area contributed by atoms with Gasteiger partial charge in [0.1, 0.15) is 11.1 Å². The highest BCUT2D eigenvalue weighted by atomic mass is 16.6. The lowest BCUT2D eigenvalue weighted by molar-refractivity contribution is -0.161. The van der Waals surface area contributed by atoms with Crippen LogP contribution in [0.1, 0.15) is 33.4 Å². The number of rotatable bonds is 3. The molecule has 0 fully saturated rings. The Balaban J connectivity index is 2.19. The minimum absolute atomic E-state index is 0.340. The lowest BCUT2D eigenvalue weighted by Crippen LogP contribution is -2.50. The highest BCUT2D eigenvalue weighted by Crippen LogP contribution is 2.19. The summed E-state index contributed by atoms with van der Waals surface area (Å²) >= 11 is 0. The van der Waals surface area contributed by atoms with Crippen molar-refractivity contribution in [3.8, 4) is 0 Å². The highest BCUT2D eigenvalue weighted by molar-refractivity contribution is 5.83. The van der Waals surface area contributed by atoms with E-state index in [2.05, 4.69) is 4.98 Å². The van der Waals surface area contributed by atoms with Crippen LogP contribution in [0.15, 0.2) is 36.5 Å². The molecule has 2 aromatic rings. The summed E-state index contributed by atoms with van der Waals surface area (Å²) in [6.07, 6.45) is 2.14. The van der Waals surface area contributed by atoms with E-state index in [0.717, 1.165) is 16.5 Å². The zero-order valence-electron chi connectivity index (χ0n) is 13.0. The first kappa shape index (κ1) is 15.4. The number of esters is 1. The van der Waals surface area contributed by atoms with Crippen LogP contribution in [0.5, 0.6) is 0 Å². The van der Waals surface area contributed by atoms with Gasteiger partial charge in [-0.1, -0.05) is 24.3 Å². The van der Waals surface area contributed by atoms with Gasteiger partial charge in [-0.05, 0) is 39.1 Å². The zero-order valence-corrected chi connectivity index (χ0v) is 13.0. The van der Waals surface area contributed by atoms with E-state index in [1.54, 1.807) is 13.1 Å². The standard InChI is InChI=1S/C17H22N2O2/c1-16(2,3)21-15(20)17(4,18)10-14-9-12-7-5-6-8-13(12)11-19-14/h5-9,11H,10,18H2,1-4H3. The van der Waals surface area contributed by atoms with E-state index < -0.39 is 17.1 Å². The van der Waals surface area contributed by atoms with E-state index in [1.807, 2.05) is 51.1 Å². The summed E-state index contributed by atoms with van der Waals surface area (Å²) in [4.78, 5) is 16.6. The van der Waals surface area contributed by atoms with Crippen LogP contribution in [0.4, 0.5) is 0 Å². The second-order valence-corrected chi connectivity index (χ2v) is 6.62. The fourth-order valence-corrected chi connectivity index (χ4v) is 2.07. The van der Waals surface area contributed by atoms with Crippen molar-refractivity contribution in [2.45, 2.75) is 45.3 Å². The SMILES string of the molecule is CC(C)(C)OC(=O)C(C)(N)Cc1cc2ccccc2cn1. The Morgan fingerprint density at radius 3 is 2.43 bits per heavy atom. The number of hydrogen-bond acceptors (Lipinski definition) is 4. The highest BCUT2D eigenvalue weighted by Gasteiger charge is 2.33. The molecule has 4 nitrogen and oxygen atoms in total. The van der Waals surface area contributed by atoms with E-state index in [4.69, 9.17) is 10.5 Å². The van der Waals surface area contributed by atoms with Gasteiger partial charge < -0.3 is 10.5 Å². The Hall–Kier alpha value is -1.94. The second-order valence-electron chi connectivity index (χ2n) is 6.62. The Labute approximate surface area is 125 Å². The van der Waals surface area contributed by atoms with E-state index in [9.17, 15) is 4.79 Å². The molecule has 1 aromatic heterocycles. The summed E-state index contributed by atoms with van der Waals surface area (Å²) in [6, 6.07) is 9.92. The van der Waals surface area contributed by atoms with Crippen molar-refractivity contribution in [1.29, 1.82) is 0 Å². The third-order valence-corrected chi connectivity index (χ3v) is 3.10. The zero-order chi connectivity index (χ0) is 15.7. The molecular weight excluding hydrogens is 264 g/mol. The maximum Gasteiger partial charge on any atom is 0.326 e. The summed E-state index contributed by atoms with van der Waals surface area (Å²) in [5.41, 5.74) is 5.27. The van der Waals surface area contributed by atoms with Gasteiger partial charge in [-0.3, -0.25) is 9.78 Å². The maximum absolute atomic E-state index is 12.2. The van der Waals surface area contributed by atoms with Gasteiger partial charge in [0.15, 0.2) is 0 Å². The number of nitrogens with two attached hydrogens (primary N) is 1. The van der Waals surface area contributed by atoms with Crippen molar-refractivity contribution >= 4 is 16.7 Å². The Morgan fingerprint density at radius 2 is 1.81 bits per heavy atom. The molecule has 0 radical (unpaired) electrons. The molecule has 0 aliphatic heterocycles. The largest absolute Gasteiger partial charge is 0.459 e. The molecular formula is C17H22N2O2. The number of aromatic nitrogens is 1. The van der Waals surface area contributed by atoms with Gasteiger partial charge in [-0.2, -0.15) is 0 Å². The molecule has 1 heterocycles. The molecule has 0 saturated heterocycles. The van der Waals surface area contributed by atoms with Gasteiger partial charge >= 0.3 is 5.97 Å². The summed E-state index contributed by atoms with van der Waals surface area (Å²) in [5.74, 6) is -0.412. The number of nitrogens with zero attached hydrogens (tertiary/aromatic N) is 1. The van der Waals surface area contributed by atoms with Crippen LogP contribution in [0, 0.1) is 0 Å². The molecule has 0 bridgehead atoms. The molecule has 0 amide bonds. The predicted molar refractivity (Wildman–Crippen MR) is 83.9 cm³/mol. The molecule has 112 valence electrons. The number of pyridine rings is 1. The summed E-state index contributed by atoms with van der Waals surface area (Å²) in [6.45, 7) is 7.16. The maximum atomic E-state index is 12.2. The predicted octanol–water partition coefficient (Wildman–Crippen LogP) is 2.84. The van der Waals surface area contributed by atoms with Crippen LogP contribution in [-0.4, -0.2) is 22.1 Å². The van der Waals surface area contributed by atoms with E-state index >= 15 is 0 Å². The average Bonchev–Trinajstić information content (AvgIpc) is 2.36. The number of ether oxygens (including phenoxy) is 1. The quantitative estimate of drug-likeness (QED) is 0.881. The van der Waals surface area contributed by atoms with Gasteiger partial charge in [0.2, 0.25) is 0 Å². The van der Waals surface area contributed by atoms with Crippen molar-refractivity contribution in [2.24, 2.45) is 5.73 Å². The van der Waals surface area contributed by atoms with E-state index in [0.29, 0.717) is 6.42 Å². The monoisotopic (exact) mass is 286 g/mol. The fourth-order valence-electron chi connectivity index (χ4n) is 2.07. The molecule has 1 aromatic carbocycles. The lowest BCUT2D eigenvalue weighted by atomic mass is 9.95. The first-order valence-corrected chi connectivity index (χ1v) is 7.03. The van der Waals surface area contributed by atoms with Gasteiger partial charge in [0.25, 0.3) is 0 Å². The minimum Gasteiger partial charge on any atom is -0.459 e. The van der Waals surface area contributed by atoms with Crippen LogP contribution in [0.2, 0.25) is 0 Å². The average molecular weight is 286 g/mol. The smallest absolute Gasteiger partial charge is 0.326 e. The van der Waals surface area contributed by atoms with Crippen LogP contribution in [-0.2, 0) is 16.0 Å². The van der Waals surface area contributed by atoms with Crippen molar-refractivity contribution in [2.75, 3.05) is 0 Å². The van der Waals surface area contributed by atoms with Gasteiger partial charge in [-0.25, -0.2) is 0 Å². The molecule has 0 spiro atoms. The van der Waals surface area contributed by atoms with Gasteiger partial charge in [0.05, 0.1) is 0 Å². The fraction of sp³-hybridized carbons (Fsp3) is 0.412. The molecule has 0 aliphatic carbocycles. The summed E-state index contributed by atoms with van der Waals surface area (Å²) in [7, 11) is 0. The first-order valence-electron chi connectivity index (χ1n) is 7.03. The third-order valence-electron chi connectivity index (χ3n) is 3.10. The third kappa shape index (κ3) is 4.02. The van der Waals surface area contributed by atoms with Crippen LogP contribution >= 0.6 is 0 Å². The molecule has 1 atom stereocenters. The molecule has 2 rings (SSSR count). The van der Waals surface area contributed by atoms with Crippen molar-refractivity contribution in [3.63, 3.8) is 0 Å². The van der Waals surface area contributed by atoms with Crippen LogP contribution in [0.25, 0.3) is 10.8 Å². The first-order chi connectivity index (χ1) is 9.67. The normalized spacial score (nSPS) is 14.7. The number of carbonyl (C=O) groups excluding carboxylic acids is 1. The van der Waals surface area contributed by atoms with Crippen molar-refractivity contribution < 1.29 is 9.53 Å². The molecule has 0 aliphatic rings. The summed E-state index contributed by atoms with van der Waals surface area (Å²) < 4.78 is 5.37. The number of hydrogen-bond donors (Lipinski definition) is 1. The molecule has 0 saturated carbocycles. The Morgan fingerprint density at radius 1 is 1.19 bits per heavy atom.